The molecule has 160 valence electrons. The lowest BCUT2D eigenvalue weighted by molar-refractivity contribution is -0.111. The number of nitrogens with zero attached hydrogens (tertiary/aromatic N) is 3. The molecule has 0 radical (unpaired) electrons. The van der Waals surface area contributed by atoms with E-state index in [2.05, 4.69) is 9.88 Å². The van der Waals surface area contributed by atoms with Gasteiger partial charge in [-0.05, 0) is 69.8 Å². The molecule has 0 aromatic carbocycles. The van der Waals surface area contributed by atoms with Crippen LogP contribution >= 0.6 is 12.4 Å². The van der Waals surface area contributed by atoms with Crippen LogP contribution in [0.3, 0.4) is 0 Å². The Hall–Kier alpha value is -2.57. The molecule has 0 spiro atoms. The summed E-state index contributed by atoms with van der Waals surface area (Å²) in [5, 5.41) is 0. The summed E-state index contributed by atoms with van der Waals surface area (Å²) in [6.07, 6.45) is 11.8. The lowest BCUT2D eigenvalue weighted by Gasteiger charge is -2.25. The minimum Gasteiger partial charge on any atom is -0.303 e. The van der Waals surface area contributed by atoms with E-state index in [4.69, 9.17) is 0 Å². The summed E-state index contributed by atoms with van der Waals surface area (Å²) >= 11 is 0. The van der Waals surface area contributed by atoms with Crippen molar-refractivity contribution in [2.24, 2.45) is 5.92 Å². The molecular weight excluding hydrogens is 414 g/mol. The molecule has 4 aliphatic rings. The fourth-order valence-corrected chi connectivity index (χ4v) is 5.74. The molecule has 2 aromatic rings. The summed E-state index contributed by atoms with van der Waals surface area (Å²) in [7, 11) is 0. The van der Waals surface area contributed by atoms with E-state index >= 15 is 0 Å². The van der Waals surface area contributed by atoms with Crippen molar-refractivity contribution in [2.45, 2.75) is 38.5 Å². The predicted octanol–water partition coefficient (Wildman–Crippen LogP) is 3.47. The highest BCUT2D eigenvalue weighted by Gasteiger charge is 2.42. The Bertz CT molecular complexity index is 1200. The summed E-state index contributed by atoms with van der Waals surface area (Å²) in [4.78, 5) is 46.1. The highest BCUT2D eigenvalue weighted by molar-refractivity contribution is 6.28. The third kappa shape index (κ3) is 2.88. The van der Waals surface area contributed by atoms with E-state index in [9.17, 15) is 14.4 Å². The van der Waals surface area contributed by atoms with Crippen molar-refractivity contribution in [3.05, 3.63) is 52.6 Å². The monoisotopic (exact) mass is 437 g/mol. The van der Waals surface area contributed by atoms with E-state index in [1.54, 1.807) is 18.6 Å². The van der Waals surface area contributed by atoms with Crippen LogP contribution in [0.25, 0.3) is 11.1 Å². The fourth-order valence-electron chi connectivity index (χ4n) is 5.74. The van der Waals surface area contributed by atoms with E-state index in [-0.39, 0.29) is 29.8 Å². The minimum absolute atomic E-state index is 0. The molecule has 0 N–H and O–H groups in total. The normalized spacial score (nSPS) is 22.7. The van der Waals surface area contributed by atoms with Crippen molar-refractivity contribution in [3.63, 3.8) is 0 Å². The lowest BCUT2D eigenvalue weighted by Crippen LogP contribution is -2.33. The van der Waals surface area contributed by atoms with Gasteiger partial charge in [-0.2, -0.15) is 0 Å². The second-order valence-corrected chi connectivity index (χ2v) is 8.77. The van der Waals surface area contributed by atoms with E-state index < -0.39 is 5.92 Å². The van der Waals surface area contributed by atoms with Gasteiger partial charge in [-0.15, -0.1) is 12.4 Å². The minimum atomic E-state index is -0.654. The topological polar surface area (TPSA) is 71.8 Å². The van der Waals surface area contributed by atoms with Gasteiger partial charge in [0, 0.05) is 23.0 Å². The molecule has 0 saturated carbocycles. The zero-order valence-corrected chi connectivity index (χ0v) is 18.0. The summed E-state index contributed by atoms with van der Waals surface area (Å²) < 4.78 is 1.93. The Balaban J connectivity index is 0.00000204. The third-order valence-electron chi connectivity index (χ3n) is 7.19. The predicted molar refractivity (Wildman–Crippen MR) is 119 cm³/mol. The van der Waals surface area contributed by atoms with Gasteiger partial charge < -0.3 is 9.30 Å². The number of carbonyl (C=O) groups is 3. The Morgan fingerprint density at radius 3 is 2.61 bits per heavy atom. The summed E-state index contributed by atoms with van der Waals surface area (Å²) in [6, 6.07) is 0. The molecule has 6 nitrogen and oxygen atoms in total. The van der Waals surface area contributed by atoms with Crippen molar-refractivity contribution >= 4 is 40.8 Å². The first-order chi connectivity index (χ1) is 14.6. The van der Waals surface area contributed by atoms with Crippen LogP contribution in [0.4, 0.5) is 0 Å². The second kappa shape index (κ2) is 7.53. The number of aromatic nitrogens is 2. The summed E-state index contributed by atoms with van der Waals surface area (Å²) in [5.74, 6) is -0.785. The average Bonchev–Trinajstić information content (AvgIpc) is 3.39. The second-order valence-electron chi connectivity index (χ2n) is 8.77. The van der Waals surface area contributed by atoms with Crippen molar-refractivity contribution in [1.82, 2.24) is 14.3 Å². The van der Waals surface area contributed by atoms with Crippen LogP contribution in [0.15, 0.2) is 30.2 Å². The van der Waals surface area contributed by atoms with Crippen molar-refractivity contribution < 1.29 is 14.4 Å². The van der Waals surface area contributed by atoms with Gasteiger partial charge in [0.15, 0.2) is 17.3 Å². The highest BCUT2D eigenvalue weighted by Crippen LogP contribution is 2.44. The molecule has 1 atom stereocenters. The number of hydrogen-bond acceptors (Lipinski definition) is 5. The zero-order valence-electron chi connectivity index (χ0n) is 17.2. The fraction of sp³-hybridized carbons (Fsp3) is 0.417. The summed E-state index contributed by atoms with van der Waals surface area (Å²) in [6.45, 7) is 2.86. The van der Waals surface area contributed by atoms with Crippen LogP contribution in [0.5, 0.6) is 0 Å². The van der Waals surface area contributed by atoms with Gasteiger partial charge >= 0.3 is 0 Å². The van der Waals surface area contributed by atoms with Crippen LogP contribution < -0.4 is 0 Å². The number of hydrogen-bond donors (Lipinski definition) is 0. The van der Waals surface area contributed by atoms with Crippen LogP contribution in [-0.4, -0.2) is 51.3 Å². The maximum atomic E-state index is 13.7. The van der Waals surface area contributed by atoms with Crippen LogP contribution in [0.2, 0.25) is 0 Å². The standard InChI is InChI=1S/C24H23N3O3.ClH/c28-19-5-3-4-15-14(19)6-7-18-20(15)21-22-17(12-25-13-27(18)22)23(29)16(24(21)30)8-11-26-9-1-2-10-26;/h3,5,12-13,16H,1-2,4,6-11H2;1H. The number of ketones is 3. The molecule has 6 rings (SSSR count). The van der Waals surface area contributed by atoms with Gasteiger partial charge in [-0.3, -0.25) is 14.4 Å². The zero-order chi connectivity index (χ0) is 20.4. The van der Waals surface area contributed by atoms with Gasteiger partial charge in [0.1, 0.15) is 0 Å². The number of halogens is 1. The van der Waals surface area contributed by atoms with Crippen molar-refractivity contribution in [3.8, 4) is 0 Å². The number of aryl methyl sites for hydroxylation is 1. The van der Waals surface area contributed by atoms with E-state index in [0.29, 0.717) is 42.3 Å². The Morgan fingerprint density at radius 1 is 1.00 bits per heavy atom. The number of likely N-dealkylation sites (tertiary alicyclic amines) is 1. The molecule has 3 heterocycles. The Morgan fingerprint density at radius 2 is 1.81 bits per heavy atom. The van der Waals surface area contributed by atoms with Crippen molar-refractivity contribution in [2.75, 3.05) is 19.6 Å². The molecule has 3 aliphatic carbocycles. The summed E-state index contributed by atoms with van der Waals surface area (Å²) in [5.41, 5.74) is 5.58. The molecular formula is C24H24ClN3O3. The molecule has 31 heavy (non-hydrogen) atoms. The first-order valence-corrected chi connectivity index (χ1v) is 10.9. The highest BCUT2D eigenvalue weighted by atomic mass is 35.5. The molecule has 1 unspecified atom stereocenters. The Kier molecular flexibility index (Phi) is 4.94. The molecule has 1 fully saturated rings. The SMILES string of the molecule is Cl.O=C1C=CCC2=C1CCc1c2c2c3c(cncn13)C(=O)C(CCN1CCCC1)C2=O. The smallest absolute Gasteiger partial charge is 0.181 e. The molecule has 0 bridgehead atoms. The van der Waals surface area contributed by atoms with E-state index in [1.807, 2.05) is 10.5 Å². The molecule has 1 saturated heterocycles. The molecule has 7 heteroatoms. The van der Waals surface area contributed by atoms with Crippen LogP contribution in [-0.2, 0) is 11.2 Å². The molecule has 0 amide bonds. The first kappa shape index (κ1) is 20.3. The number of rotatable bonds is 3. The number of Topliss-reactive ketones (excluding diaryl/α,β-unsaturated/α-hetero) is 2. The van der Waals surface area contributed by atoms with E-state index in [0.717, 1.165) is 42.0 Å². The largest absolute Gasteiger partial charge is 0.303 e. The van der Waals surface area contributed by atoms with Gasteiger partial charge in [0.05, 0.1) is 28.9 Å². The first-order valence-electron chi connectivity index (χ1n) is 10.9. The lowest BCUT2D eigenvalue weighted by atomic mass is 9.76. The molecule has 1 aliphatic heterocycles. The van der Waals surface area contributed by atoms with Gasteiger partial charge in [0.25, 0.3) is 0 Å². The van der Waals surface area contributed by atoms with Gasteiger partial charge in [0.2, 0.25) is 0 Å². The van der Waals surface area contributed by atoms with Crippen molar-refractivity contribution in [1.29, 1.82) is 0 Å². The van der Waals surface area contributed by atoms with Gasteiger partial charge in [-0.25, -0.2) is 4.98 Å². The third-order valence-corrected chi connectivity index (χ3v) is 7.19. The quantitative estimate of drug-likeness (QED) is 0.687. The number of fused-ring (bicyclic) bond motifs is 4. The maximum Gasteiger partial charge on any atom is 0.181 e. The van der Waals surface area contributed by atoms with Gasteiger partial charge in [-0.1, -0.05) is 6.08 Å². The van der Waals surface area contributed by atoms with Crippen LogP contribution in [0, 0.1) is 5.92 Å². The Labute approximate surface area is 186 Å². The number of allylic oxidation sites excluding steroid dienone is 4. The van der Waals surface area contributed by atoms with Crippen LogP contribution in [0.1, 0.15) is 64.1 Å². The molecule has 2 aromatic heterocycles. The van der Waals surface area contributed by atoms with E-state index in [1.165, 1.54) is 12.8 Å². The average molecular weight is 438 g/mol. The maximum absolute atomic E-state index is 13.7. The number of carbonyl (C=O) groups excluding carboxylic acids is 3.